The van der Waals surface area contributed by atoms with Crippen molar-refractivity contribution in [2.45, 2.75) is 13.8 Å². The minimum atomic E-state index is 0.707. The van der Waals surface area contributed by atoms with Crippen LogP contribution in [0, 0.1) is 0 Å². The number of rotatable bonds is 4. The average Bonchev–Trinajstić information content (AvgIpc) is 1.97. The van der Waals surface area contributed by atoms with Crippen LogP contribution in [-0.2, 0) is 0 Å². The van der Waals surface area contributed by atoms with Crippen molar-refractivity contribution >= 4 is 35.0 Å². The smallest absolute Gasteiger partial charge is 0.0392 e. The molecule has 0 rings (SSSR count). The summed E-state index contributed by atoms with van der Waals surface area (Å²) in [7, 11) is 0. The summed E-state index contributed by atoms with van der Waals surface area (Å²) in [4.78, 5) is 0. The molecule has 0 aliphatic heterocycles. The highest BCUT2D eigenvalue weighted by molar-refractivity contribution is 7.99. The number of hydrogen-bond donors (Lipinski definition) is 0. The van der Waals surface area contributed by atoms with Gasteiger partial charge >= 0.3 is 0 Å². The van der Waals surface area contributed by atoms with Crippen molar-refractivity contribution < 1.29 is 0 Å². The molecule has 0 saturated carbocycles. The summed E-state index contributed by atoms with van der Waals surface area (Å²) in [6, 6.07) is 0. The van der Waals surface area contributed by atoms with E-state index in [-0.39, 0.29) is 0 Å². The van der Waals surface area contributed by atoms with E-state index in [0.717, 1.165) is 11.5 Å². The van der Waals surface area contributed by atoms with Crippen LogP contribution in [0.15, 0.2) is 22.2 Å². The first-order valence-corrected chi connectivity index (χ1v) is 5.29. The maximum atomic E-state index is 5.67. The van der Waals surface area contributed by atoms with E-state index in [2.05, 4.69) is 19.9 Å². The largest absolute Gasteiger partial charge is 0.152 e. The van der Waals surface area contributed by atoms with Crippen molar-refractivity contribution in [1.82, 2.24) is 0 Å². The zero-order valence-corrected chi connectivity index (χ0v) is 9.06. The number of hydrogen-bond acceptors (Lipinski definition) is 1. The van der Waals surface area contributed by atoms with Gasteiger partial charge in [-0.25, -0.2) is 0 Å². The molecule has 0 amide bonds. The van der Waals surface area contributed by atoms with Crippen LogP contribution in [0.5, 0.6) is 0 Å². The van der Waals surface area contributed by atoms with Crippen LogP contribution in [0.25, 0.3) is 0 Å². The molecule has 3 heteroatoms. The molecule has 0 bridgehead atoms. The highest BCUT2D eigenvalue weighted by Gasteiger charge is 1.90. The van der Waals surface area contributed by atoms with Crippen LogP contribution in [0.4, 0.5) is 0 Å². The third kappa shape index (κ3) is 8.32. The Kier molecular flexibility index (Phi) is 7.34. The van der Waals surface area contributed by atoms with Crippen LogP contribution < -0.4 is 0 Å². The van der Waals surface area contributed by atoms with Crippen molar-refractivity contribution in [1.29, 1.82) is 0 Å². The van der Waals surface area contributed by atoms with Crippen LogP contribution in [-0.4, -0.2) is 11.5 Å². The fourth-order valence-corrected chi connectivity index (χ4v) is 1.66. The van der Waals surface area contributed by atoms with E-state index < -0.39 is 0 Å². The molecule has 64 valence electrons. The molecule has 0 spiro atoms. The molecule has 0 aliphatic carbocycles. The molecule has 11 heavy (non-hydrogen) atoms. The van der Waals surface area contributed by atoms with E-state index >= 15 is 0 Å². The zero-order chi connectivity index (χ0) is 8.69. The summed E-state index contributed by atoms with van der Waals surface area (Å²) in [5, 5.41) is 0.707. The lowest BCUT2D eigenvalue weighted by molar-refractivity contribution is 1.37. The molecule has 0 aromatic rings. The summed E-state index contributed by atoms with van der Waals surface area (Å²) in [5.41, 5.74) is 2.75. The maximum Gasteiger partial charge on any atom is 0.0392 e. The molecule has 0 saturated heterocycles. The first-order chi connectivity index (χ1) is 5.16. The third-order valence-corrected chi connectivity index (χ3v) is 2.66. The summed E-state index contributed by atoms with van der Waals surface area (Å²) in [5.74, 6) is 1.80. The van der Waals surface area contributed by atoms with Gasteiger partial charge in [0.1, 0.15) is 0 Å². The minimum absolute atomic E-state index is 0.707. The summed E-state index contributed by atoms with van der Waals surface area (Å²) in [6.07, 6.45) is 2.17. The van der Waals surface area contributed by atoms with E-state index in [1.54, 1.807) is 11.8 Å². The first kappa shape index (κ1) is 11.4. The molecule has 0 heterocycles. The predicted molar refractivity (Wildman–Crippen MR) is 56.5 cm³/mol. The summed E-state index contributed by atoms with van der Waals surface area (Å²) >= 11 is 12.8. The van der Waals surface area contributed by atoms with Crippen LogP contribution in [0.1, 0.15) is 13.8 Å². The molecular formula is C8H12Cl2S. The fraction of sp³-hybridized carbons (Fsp3) is 0.500. The topological polar surface area (TPSA) is 0 Å². The van der Waals surface area contributed by atoms with Gasteiger partial charge < -0.3 is 0 Å². The van der Waals surface area contributed by atoms with E-state index in [1.165, 1.54) is 11.1 Å². The fourth-order valence-electron chi connectivity index (χ4n) is 0.414. The number of halogens is 2. The van der Waals surface area contributed by atoms with Crippen LogP contribution in [0.2, 0.25) is 0 Å². The Balaban J connectivity index is 3.36. The van der Waals surface area contributed by atoms with Crippen molar-refractivity contribution in [3.8, 4) is 0 Å². The van der Waals surface area contributed by atoms with Gasteiger partial charge in [-0.3, -0.25) is 0 Å². The Bertz CT molecular complexity index is 157. The molecule has 0 unspecified atom stereocenters. The second-order valence-electron chi connectivity index (χ2n) is 2.35. The van der Waals surface area contributed by atoms with Crippen molar-refractivity contribution in [2.24, 2.45) is 0 Å². The molecule has 0 radical (unpaired) electrons. The molecule has 0 aromatic heterocycles. The van der Waals surface area contributed by atoms with Gasteiger partial charge in [0.2, 0.25) is 0 Å². The quantitative estimate of drug-likeness (QED) is 0.500. The monoisotopic (exact) mass is 210 g/mol. The summed E-state index contributed by atoms with van der Waals surface area (Å²) in [6.45, 7) is 4.17. The highest BCUT2D eigenvalue weighted by Crippen LogP contribution is 2.12. The average molecular weight is 211 g/mol. The lowest BCUT2D eigenvalue weighted by atomic mass is 10.3. The standard InChI is InChI=1S/C8H12Cl2S/c1-7(2)3-4-11-6-8(10)5-9/h3,5H,4,6H2,1-2H3/b8-5-. The van der Waals surface area contributed by atoms with Gasteiger partial charge in [-0.05, 0) is 13.8 Å². The van der Waals surface area contributed by atoms with E-state index in [0.29, 0.717) is 5.03 Å². The molecule has 0 N–H and O–H groups in total. The number of allylic oxidation sites excluding steroid dienone is 1. The van der Waals surface area contributed by atoms with E-state index in [4.69, 9.17) is 23.2 Å². The molecule has 0 atom stereocenters. The third-order valence-electron chi connectivity index (χ3n) is 0.968. The van der Waals surface area contributed by atoms with Crippen molar-refractivity contribution in [3.63, 3.8) is 0 Å². The number of thioether (sulfide) groups is 1. The maximum absolute atomic E-state index is 5.67. The van der Waals surface area contributed by atoms with Gasteiger partial charge in [0.05, 0.1) is 0 Å². The van der Waals surface area contributed by atoms with Gasteiger partial charge in [-0.15, -0.1) is 0 Å². The normalized spacial score (nSPS) is 11.5. The van der Waals surface area contributed by atoms with Gasteiger partial charge in [0.25, 0.3) is 0 Å². The Morgan fingerprint density at radius 1 is 1.45 bits per heavy atom. The van der Waals surface area contributed by atoms with Crippen LogP contribution >= 0.6 is 35.0 Å². The Hall–Kier alpha value is 0.410. The zero-order valence-electron chi connectivity index (χ0n) is 6.73. The lowest BCUT2D eigenvalue weighted by Crippen LogP contribution is -1.79. The van der Waals surface area contributed by atoms with Gasteiger partial charge in [0, 0.05) is 22.1 Å². The first-order valence-electron chi connectivity index (χ1n) is 3.32. The van der Waals surface area contributed by atoms with Crippen LogP contribution in [0.3, 0.4) is 0 Å². The second-order valence-corrected chi connectivity index (χ2v) is 4.09. The lowest BCUT2D eigenvalue weighted by Gasteiger charge is -1.95. The molecule has 0 nitrogen and oxygen atoms in total. The minimum Gasteiger partial charge on any atom is -0.152 e. The van der Waals surface area contributed by atoms with Crippen molar-refractivity contribution in [2.75, 3.05) is 11.5 Å². The SMILES string of the molecule is CC(C)=CCSC/C(Cl)=C/Cl. The Labute approximate surface area is 82.6 Å². The van der Waals surface area contributed by atoms with Crippen molar-refractivity contribution in [3.05, 3.63) is 22.2 Å². The van der Waals surface area contributed by atoms with E-state index in [9.17, 15) is 0 Å². The Morgan fingerprint density at radius 2 is 2.09 bits per heavy atom. The van der Waals surface area contributed by atoms with Gasteiger partial charge in [-0.2, -0.15) is 11.8 Å². The van der Waals surface area contributed by atoms with Gasteiger partial charge in [-0.1, -0.05) is 34.9 Å². The highest BCUT2D eigenvalue weighted by atomic mass is 35.5. The molecule has 0 fully saturated rings. The predicted octanol–water partition coefficient (Wildman–Crippen LogP) is 4.00. The molecular weight excluding hydrogens is 199 g/mol. The molecule has 0 aromatic carbocycles. The Morgan fingerprint density at radius 3 is 2.55 bits per heavy atom. The van der Waals surface area contributed by atoms with Gasteiger partial charge in [0.15, 0.2) is 0 Å². The molecule has 0 aliphatic rings. The summed E-state index contributed by atoms with van der Waals surface area (Å²) < 4.78 is 0. The van der Waals surface area contributed by atoms with E-state index in [1.807, 2.05) is 0 Å². The second kappa shape index (κ2) is 7.08.